The van der Waals surface area contributed by atoms with Crippen molar-refractivity contribution in [1.29, 1.82) is 0 Å². The van der Waals surface area contributed by atoms with Crippen LogP contribution in [0.15, 0.2) is 24.3 Å². The van der Waals surface area contributed by atoms with E-state index in [9.17, 15) is 4.79 Å². The Hall–Kier alpha value is -2.74. The predicted octanol–water partition coefficient (Wildman–Crippen LogP) is 1.69. The average molecular weight is 373 g/mol. The minimum absolute atomic E-state index is 0.120. The molecule has 0 saturated carbocycles. The highest BCUT2D eigenvalue weighted by Gasteiger charge is 2.21. The number of carbonyl (C=O) groups is 1. The quantitative estimate of drug-likeness (QED) is 0.834. The van der Waals surface area contributed by atoms with E-state index in [1.807, 2.05) is 22.9 Å². The van der Waals surface area contributed by atoms with Crippen molar-refractivity contribution in [2.45, 2.75) is 26.2 Å². The highest BCUT2D eigenvalue weighted by atomic mass is 16.5. The molecule has 0 unspecified atom stereocenters. The summed E-state index contributed by atoms with van der Waals surface area (Å²) in [5, 5.41) is 7.45. The molecule has 2 amide bonds. The number of nitrogens with zero attached hydrogens (tertiary/aromatic N) is 4. The van der Waals surface area contributed by atoms with Gasteiger partial charge in [0.15, 0.2) is 0 Å². The highest BCUT2D eigenvalue weighted by molar-refractivity contribution is 5.73. The van der Waals surface area contributed by atoms with Crippen molar-refractivity contribution in [3.63, 3.8) is 0 Å². The molecular weight excluding hydrogens is 346 g/mol. The number of ether oxygens (including phenoxy) is 2. The molecule has 1 aromatic heterocycles. The summed E-state index contributed by atoms with van der Waals surface area (Å²) in [6.45, 7) is 3.66. The monoisotopic (exact) mass is 373 g/mol. The minimum Gasteiger partial charge on any atom is -0.496 e. The molecule has 1 aliphatic rings. The van der Waals surface area contributed by atoms with Gasteiger partial charge in [-0.2, -0.15) is 5.10 Å². The summed E-state index contributed by atoms with van der Waals surface area (Å²) in [5.74, 6) is 1.67. The summed E-state index contributed by atoms with van der Waals surface area (Å²) < 4.78 is 13.0. The van der Waals surface area contributed by atoms with Gasteiger partial charge in [0.1, 0.15) is 11.5 Å². The van der Waals surface area contributed by atoms with Crippen molar-refractivity contribution in [2.75, 3.05) is 34.9 Å². The van der Waals surface area contributed by atoms with Gasteiger partial charge in [0, 0.05) is 33.7 Å². The zero-order valence-corrected chi connectivity index (χ0v) is 16.4. The van der Waals surface area contributed by atoms with Crippen LogP contribution in [0.25, 0.3) is 0 Å². The predicted molar refractivity (Wildman–Crippen MR) is 102 cm³/mol. The molecule has 0 aliphatic carbocycles. The third kappa shape index (κ3) is 4.33. The Balaban J connectivity index is 1.68. The molecule has 0 radical (unpaired) electrons. The lowest BCUT2D eigenvalue weighted by molar-refractivity contribution is 0.200. The number of nitrogens with one attached hydrogen (secondary N) is 1. The summed E-state index contributed by atoms with van der Waals surface area (Å²) in [5.41, 5.74) is 3.06. The Bertz CT molecular complexity index is 780. The third-order valence-corrected chi connectivity index (χ3v) is 4.67. The van der Waals surface area contributed by atoms with Crippen LogP contribution in [-0.4, -0.2) is 60.5 Å². The number of urea groups is 1. The topological polar surface area (TPSA) is 71.9 Å². The Morgan fingerprint density at radius 2 is 1.93 bits per heavy atom. The van der Waals surface area contributed by atoms with Crippen LogP contribution in [0.5, 0.6) is 11.5 Å². The third-order valence-electron chi connectivity index (χ3n) is 4.67. The molecule has 0 spiro atoms. The summed E-state index contributed by atoms with van der Waals surface area (Å²) in [7, 11) is 6.80. The molecule has 146 valence electrons. The lowest BCUT2D eigenvalue weighted by Gasteiger charge is -2.28. The van der Waals surface area contributed by atoms with Crippen molar-refractivity contribution < 1.29 is 14.3 Å². The Labute approximate surface area is 159 Å². The van der Waals surface area contributed by atoms with Gasteiger partial charge in [-0.1, -0.05) is 6.07 Å². The Kier molecular flexibility index (Phi) is 5.85. The molecule has 1 aliphatic heterocycles. The van der Waals surface area contributed by atoms with Crippen molar-refractivity contribution >= 4 is 6.03 Å². The van der Waals surface area contributed by atoms with Gasteiger partial charge in [-0.25, -0.2) is 4.79 Å². The van der Waals surface area contributed by atoms with E-state index in [4.69, 9.17) is 9.47 Å². The fraction of sp³-hybridized carbons (Fsp3) is 0.474. The van der Waals surface area contributed by atoms with Gasteiger partial charge in [-0.3, -0.25) is 9.58 Å². The number of hydrogen-bond acceptors (Lipinski definition) is 5. The zero-order chi connectivity index (χ0) is 19.4. The standard InChI is InChI=1S/C19H27N5O3/c1-22(2)19(25)20-11-14-10-15-12-23(8-9-24(15)21-14)13-16-17(26-3)6-5-7-18(16)27-4/h5-7,10H,8-9,11-13H2,1-4H3,(H,20,25). The largest absolute Gasteiger partial charge is 0.496 e. The molecule has 0 saturated heterocycles. The van der Waals surface area contributed by atoms with E-state index >= 15 is 0 Å². The first-order valence-electron chi connectivity index (χ1n) is 8.94. The van der Waals surface area contributed by atoms with E-state index in [0.717, 1.165) is 54.6 Å². The summed E-state index contributed by atoms with van der Waals surface area (Å²) >= 11 is 0. The summed E-state index contributed by atoms with van der Waals surface area (Å²) in [4.78, 5) is 15.5. The number of methoxy groups -OCH3 is 2. The Morgan fingerprint density at radius 3 is 2.56 bits per heavy atom. The van der Waals surface area contributed by atoms with Crippen LogP contribution in [-0.2, 0) is 26.2 Å². The molecule has 0 fully saturated rings. The van der Waals surface area contributed by atoms with E-state index in [0.29, 0.717) is 6.54 Å². The molecule has 1 aromatic carbocycles. The molecule has 0 bridgehead atoms. The second-order valence-electron chi connectivity index (χ2n) is 6.76. The number of rotatable bonds is 6. The maximum absolute atomic E-state index is 11.7. The van der Waals surface area contributed by atoms with Gasteiger partial charge in [0.2, 0.25) is 0 Å². The van der Waals surface area contributed by atoms with Crippen LogP contribution in [0.2, 0.25) is 0 Å². The first kappa shape index (κ1) is 19.0. The summed E-state index contributed by atoms with van der Waals surface area (Å²) in [6, 6.07) is 7.78. The van der Waals surface area contributed by atoms with Crippen molar-refractivity contribution in [2.24, 2.45) is 0 Å². The summed E-state index contributed by atoms with van der Waals surface area (Å²) in [6.07, 6.45) is 0. The molecule has 27 heavy (non-hydrogen) atoms. The smallest absolute Gasteiger partial charge is 0.317 e. The van der Waals surface area contributed by atoms with E-state index in [-0.39, 0.29) is 6.03 Å². The fourth-order valence-corrected chi connectivity index (χ4v) is 3.23. The van der Waals surface area contributed by atoms with Crippen LogP contribution in [0.1, 0.15) is 17.0 Å². The average Bonchev–Trinajstić information content (AvgIpc) is 3.08. The van der Waals surface area contributed by atoms with Gasteiger partial charge in [0.25, 0.3) is 0 Å². The lowest BCUT2D eigenvalue weighted by Crippen LogP contribution is -2.34. The second kappa shape index (κ2) is 8.30. The van der Waals surface area contributed by atoms with Gasteiger partial charge >= 0.3 is 6.03 Å². The molecule has 8 heteroatoms. The number of hydrogen-bond donors (Lipinski definition) is 1. The van der Waals surface area contributed by atoms with E-state index in [1.54, 1.807) is 28.3 Å². The second-order valence-corrected chi connectivity index (χ2v) is 6.76. The fourth-order valence-electron chi connectivity index (χ4n) is 3.23. The number of fused-ring (bicyclic) bond motifs is 1. The maximum Gasteiger partial charge on any atom is 0.317 e. The number of carbonyl (C=O) groups excluding carboxylic acids is 1. The number of aromatic nitrogens is 2. The van der Waals surface area contributed by atoms with E-state index < -0.39 is 0 Å². The van der Waals surface area contributed by atoms with Gasteiger partial charge < -0.3 is 19.7 Å². The van der Waals surface area contributed by atoms with Gasteiger partial charge in [-0.15, -0.1) is 0 Å². The Morgan fingerprint density at radius 1 is 1.22 bits per heavy atom. The molecule has 0 atom stereocenters. The molecule has 1 N–H and O–H groups in total. The number of amides is 2. The van der Waals surface area contributed by atoms with Crippen LogP contribution >= 0.6 is 0 Å². The van der Waals surface area contributed by atoms with Crippen molar-refractivity contribution in [3.05, 3.63) is 41.2 Å². The molecule has 3 rings (SSSR count). The molecular formula is C19H27N5O3. The van der Waals surface area contributed by atoms with Crippen molar-refractivity contribution in [1.82, 2.24) is 24.9 Å². The van der Waals surface area contributed by atoms with Gasteiger partial charge in [0.05, 0.1) is 44.3 Å². The first-order valence-corrected chi connectivity index (χ1v) is 8.94. The van der Waals surface area contributed by atoms with E-state index in [2.05, 4.69) is 21.4 Å². The van der Waals surface area contributed by atoms with Crippen LogP contribution in [0.3, 0.4) is 0 Å². The van der Waals surface area contributed by atoms with Crippen LogP contribution < -0.4 is 14.8 Å². The first-order chi connectivity index (χ1) is 13.0. The molecule has 8 nitrogen and oxygen atoms in total. The van der Waals surface area contributed by atoms with E-state index in [1.165, 1.54) is 4.90 Å². The van der Waals surface area contributed by atoms with Gasteiger partial charge in [-0.05, 0) is 18.2 Å². The minimum atomic E-state index is -0.120. The molecule has 2 aromatic rings. The maximum atomic E-state index is 11.7. The molecule has 2 heterocycles. The zero-order valence-electron chi connectivity index (χ0n) is 16.4. The van der Waals surface area contributed by atoms with Crippen LogP contribution in [0, 0.1) is 0 Å². The SMILES string of the molecule is COc1cccc(OC)c1CN1CCn2nc(CNC(=O)N(C)C)cc2C1. The lowest BCUT2D eigenvalue weighted by atomic mass is 10.1. The normalized spacial score (nSPS) is 13.8. The highest BCUT2D eigenvalue weighted by Crippen LogP contribution is 2.30. The number of benzene rings is 1. The van der Waals surface area contributed by atoms with Crippen LogP contribution in [0.4, 0.5) is 4.79 Å². The van der Waals surface area contributed by atoms with Crippen molar-refractivity contribution in [3.8, 4) is 11.5 Å².